The lowest BCUT2D eigenvalue weighted by Crippen LogP contribution is -2.63. The maximum absolute atomic E-state index is 15.3. The summed E-state index contributed by atoms with van der Waals surface area (Å²) in [5.41, 5.74) is -0.225. The molecule has 1 aromatic rings. The Balaban J connectivity index is 1.67. The number of quaternary nitrogens is 1. The van der Waals surface area contributed by atoms with Crippen LogP contribution < -0.4 is 4.48 Å². The van der Waals surface area contributed by atoms with Gasteiger partial charge in [-0.3, -0.25) is 0 Å². The molecule has 2 saturated carbocycles. The number of rotatable bonds is 1. The summed E-state index contributed by atoms with van der Waals surface area (Å²) in [6.45, 7) is 6.54. The highest BCUT2D eigenvalue weighted by atomic mass is 19.4. The molecule has 1 heterocycles. The van der Waals surface area contributed by atoms with E-state index < -0.39 is 27.9 Å². The number of benzene rings is 1. The Bertz CT molecular complexity index is 1090. The highest BCUT2D eigenvalue weighted by molar-refractivity contribution is 5.93. The molecule has 6 atom stereocenters. The van der Waals surface area contributed by atoms with E-state index >= 15 is 4.39 Å². The molecule has 34 heavy (non-hydrogen) atoms. The molecule has 0 N–H and O–H groups in total. The van der Waals surface area contributed by atoms with E-state index in [1.54, 1.807) is 7.05 Å². The van der Waals surface area contributed by atoms with Crippen molar-refractivity contribution in [2.24, 2.45) is 28.6 Å². The van der Waals surface area contributed by atoms with Gasteiger partial charge in [-0.25, -0.2) is 9.18 Å². The lowest BCUT2D eigenvalue weighted by Gasteiger charge is -2.59. The largest absolute Gasteiger partial charge is 0.419 e. The van der Waals surface area contributed by atoms with Gasteiger partial charge in [0.2, 0.25) is 5.82 Å². The SMILES string of the molecule is CC1=C2[C@](C)(CCC(=O)[N+]2(C)c2ccc(C(F)(F)F)c(F)c2F)[C@H]2CC[C@]3(C)CCC[C@H]3[C@@H]2C1. The number of nitrogens with zero attached hydrogens (tertiary/aromatic N) is 1. The molecule has 7 heteroatoms. The number of halogens is 5. The number of hydrogen-bond acceptors (Lipinski definition) is 1. The predicted molar refractivity (Wildman–Crippen MR) is 120 cm³/mol. The van der Waals surface area contributed by atoms with Gasteiger partial charge in [0.15, 0.2) is 11.5 Å². The van der Waals surface area contributed by atoms with E-state index in [9.17, 15) is 22.4 Å². The zero-order valence-corrected chi connectivity index (χ0v) is 20.3. The number of fused-ring (bicyclic) bond motifs is 5. The van der Waals surface area contributed by atoms with Crippen LogP contribution in [0.3, 0.4) is 0 Å². The van der Waals surface area contributed by atoms with Crippen molar-refractivity contribution in [3.05, 3.63) is 40.6 Å². The van der Waals surface area contributed by atoms with Gasteiger partial charge in [-0.2, -0.15) is 22.0 Å². The van der Waals surface area contributed by atoms with Crippen LogP contribution in [0.4, 0.5) is 27.6 Å². The number of allylic oxidation sites excluding steroid dienone is 2. The molecule has 1 saturated heterocycles. The van der Waals surface area contributed by atoms with Crippen molar-refractivity contribution in [2.75, 3.05) is 7.05 Å². The van der Waals surface area contributed by atoms with E-state index in [-0.39, 0.29) is 23.4 Å². The Morgan fingerprint density at radius 1 is 1.00 bits per heavy atom. The molecule has 0 radical (unpaired) electrons. The maximum atomic E-state index is 15.3. The van der Waals surface area contributed by atoms with Gasteiger partial charge in [0.1, 0.15) is 5.70 Å². The fourth-order valence-corrected chi connectivity index (χ4v) is 8.74. The average molecular weight is 483 g/mol. The van der Waals surface area contributed by atoms with Crippen LogP contribution >= 0.6 is 0 Å². The zero-order valence-electron chi connectivity index (χ0n) is 20.3. The lowest BCUT2D eigenvalue weighted by molar-refractivity contribution is -0.140. The van der Waals surface area contributed by atoms with Crippen molar-refractivity contribution in [3.8, 4) is 0 Å². The van der Waals surface area contributed by atoms with E-state index in [2.05, 4.69) is 13.8 Å². The number of piperidine rings is 1. The standard InChI is InChI=1S/C27H33F5NO/c1-15-14-16-17-6-5-11-25(17,2)12-9-18(16)26(3)13-10-21(34)33(4,24(15)26)20-8-7-19(27(30,31)32)22(28)23(20)29/h7-8,16-18H,5-6,9-14H2,1-4H3/q+1/t16-,17-,18-,25-,26+,33?/m0/s1. The molecule has 1 amide bonds. The van der Waals surface area contributed by atoms with Gasteiger partial charge in [-0.1, -0.05) is 20.3 Å². The Morgan fingerprint density at radius 2 is 1.71 bits per heavy atom. The van der Waals surface area contributed by atoms with Gasteiger partial charge in [0.05, 0.1) is 19.0 Å². The summed E-state index contributed by atoms with van der Waals surface area (Å²) in [7, 11) is 1.55. The molecule has 3 fully saturated rings. The molecule has 5 rings (SSSR count). The van der Waals surface area contributed by atoms with Crippen molar-refractivity contribution in [1.82, 2.24) is 4.48 Å². The molecule has 0 aromatic heterocycles. The highest BCUT2D eigenvalue weighted by Gasteiger charge is 2.63. The first-order chi connectivity index (χ1) is 15.7. The highest BCUT2D eigenvalue weighted by Crippen LogP contribution is 2.66. The topological polar surface area (TPSA) is 17.1 Å². The van der Waals surface area contributed by atoms with Gasteiger partial charge in [0, 0.05) is 11.5 Å². The van der Waals surface area contributed by atoms with Crippen LogP contribution in [0.25, 0.3) is 0 Å². The van der Waals surface area contributed by atoms with Crippen LogP contribution in [0.5, 0.6) is 0 Å². The first-order valence-corrected chi connectivity index (χ1v) is 12.4. The van der Waals surface area contributed by atoms with Crippen LogP contribution in [0, 0.1) is 40.2 Å². The van der Waals surface area contributed by atoms with Crippen LogP contribution in [0.15, 0.2) is 23.4 Å². The Hall–Kier alpha value is -1.76. The molecule has 0 bridgehead atoms. The van der Waals surface area contributed by atoms with E-state index in [4.69, 9.17) is 0 Å². The number of alkyl halides is 3. The maximum Gasteiger partial charge on any atom is 0.419 e. The van der Waals surface area contributed by atoms with Gasteiger partial charge in [-0.15, -0.1) is 0 Å². The first-order valence-electron chi connectivity index (χ1n) is 12.4. The van der Waals surface area contributed by atoms with Crippen LogP contribution in [0.1, 0.15) is 77.7 Å². The van der Waals surface area contributed by atoms with Crippen molar-refractivity contribution in [2.45, 2.75) is 78.3 Å². The molecule has 186 valence electrons. The first kappa shape index (κ1) is 24.0. The van der Waals surface area contributed by atoms with Crippen LogP contribution in [0.2, 0.25) is 0 Å². The average Bonchev–Trinajstić information content (AvgIpc) is 3.14. The Morgan fingerprint density at radius 3 is 2.38 bits per heavy atom. The molecule has 1 aliphatic heterocycles. The lowest BCUT2D eigenvalue weighted by atomic mass is 9.48. The molecule has 4 aliphatic rings. The van der Waals surface area contributed by atoms with Crippen LogP contribution in [-0.4, -0.2) is 13.0 Å². The van der Waals surface area contributed by atoms with E-state index in [1.165, 1.54) is 19.3 Å². The molecule has 0 spiro atoms. The van der Waals surface area contributed by atoms with Gasteiger partial charge < -0.3 is 0 Å². The van der Waals surface area contributed by atoms with E-state index in [1.807, 2.05) is 6.92 Å². The molecule has 3 aliphatic carbocycles. The van der Waals surface area contributed by atoms with Gasteiger partial charge in [-0.05, 0) is 80.3 Å². The minimum Gasteiger partial charge on any atom is -0.230 e. The minimum absolute atomic E-state index is 0.191. The number of carbonyl (C=O) groups is 1. The summed E-state index contributed by atoms with van der Waals surface area (Å²) in [6, 6.07) is 1.54. The molecule has 2 nitrogen and oxygen atoms in total. The zero-order chi connectivity index (χ0) is 24.8. The predicted octanol–water partition coefficient (Wildman–Crippen LogP) is 7.76. The second-order valence-electron chi connectivity index (χ2n) is 11.9. The van der Waals surface area contributed by atoms with Gasteiger partial charge >= 0.3 is 12.1 Å². The fraction of sp³-hybridized carbons (Fsp3) is 0.667. The molecule has 1 aromatic carbocycles. The number of carbonyl (C=O) groups excluding carboxylic acids is 1. The third-order valence-electron chi connectivity index (χ3n) is 10.2. The second kappa shape index (κ2) is 7.37. The number of hydrogen-bond donors (Lipinski definition) is 0. The summed E-state index contributed by atoms with van der Waals surface area (Å²) in [5.74, 6) is -2.37. The third-order valence-corrected chi connectivity index (χ3v) is 10.2. The Labute approximate surface area is 197 Å². The monoisotopic (exact) mass is 482 g/mol. The third kappa shape index (κ3) is 3.04. The normalized spacial score (nSPS) is 40.1. The minimum atomic E-state index is -5.01. The Kier molecular flexibility index (Phi) is 5.20. The molecular weight excluding hydrogens is 449 g/mol. The van der Waals surface area contributed by atoms with Crippen molar-refractivity contribution in [1.29, 1.82) is 0 Å². The number of likely N-dealkylation sites (tertiary alicyclic amines) is 1. The smallest absolute Gasteiger partial charge is 0.230 e. The number of amides is 1. The van der Waals surface area contributed by atoms with Crippen molar-refractivity contribution >= 4 is 11.6 Å². The second-order valence-corrected chi connectivity index (χ2v) is 11.9. The van der Waals surface area contributed by atoms with Crippen LogP contribution in [-0.2, 0) is 11.0 Å². The van der Waals surface area contributed by atoms with Crippen molar-refractivity contribution < 1.29 is 26.7 Å². The summed E-state index contributed by atoms with van der Waals surface area (Å²) in [4.78, 5) is 13.4. The summed E-state index contributed by atoms with van der Waals surface area (Å²) >= 11 is 0. The van der Waals surface area contributed by atoms with E-state index in [0.29, 0.717) is 35.7 Å². The summed E-state index contributed by atoms with van der Waals surface area (Å²) in [6.07, 6.45) is 2.48. The fourth-order valence-electron chi connectivity index (χ4n) is 8.74. The van der Waals surface area contributed by atoms with E-state index in [0.717, 1.165) is 36.6 Å². The van der Waals surface area contributed by atoms with Gasteiger partial charge in [0.25, 0.3) is 0 Å². The van der Waals surface area contributed by atoms with Crippen molar-refractivity contribution in [3.63, 3.8) is 0 Å². The summed E-state index contributed by atoms with van der Waals surface area (Å²) < 4.78 is 69.0. The molecule has 1 unspecified atom stereocenters. The summed E-state index contributed by atoms with van der Waals surface area (Å²) in [5, 5.41) is 0. The molecular formula is C27H33F5NO+. The quantitative estimate of drug-likeness (QED) is 0.295.